The van der Waals surface area contributed by atoms with Crippen molar-refractivity contribution in [1.82, 2.24) is 19.4 Å². The molecule has 0 aliphatic carbocycles. The number of hydrogen-bond donors (Lipinski definition) is 1. The second-order valence-electron chi connectivity index (χ2n) is 9.39. The third kappa shape index (κ3) is 4.69. The Kier molecular flexibility index (Phi) is 6.45. The van der Waals surface area contributed by atoms with E-state index in [1.165, 1.54) is 11.2 Å². The molecule has 2 unspecified atom stereocenters. The minimum atomic E-state index is -0.759. The lowest BCUT2D eigenvalue weighted by Gasteiger charge is -2.39. The van der Waals surface area contributed by atoms with E-state index < -0.39 is 23.7 Å². The maximum Gasteiger partial charge on any atom is 0.411 e. The molecule has 2 aromatic heterocycles. The molecule has 0 bridgehead atoms. The summed E-state index contributed by atoms with van der Waals surface area (Å²) in [5.41, 5.74) is 8.23. The number of anilines is 1. The van der Waals surface area contributed by atoms with Crippen LogP contribution in [0.2, 0.25) is 0 Å². The number of carbonyl (C=O) groups is 2. The van der Waals surface area contributed by atoms with Crippen molar-refractivity contribution in [3.63, 3.8) is 0 Å². The monoisotopic (exact) mass is 465 g/mol. The molecule has 3 aromatic rings. The third-order valence-corrected chi connectivity index (χ3v) is 5.88. The Balaban J connectivity index is 1.72. The van der Waals surface area contributed by atoms with E-state index in [1.807, 2.05) is 41.1 Å². The van der Waals surface area contributed by atoms with E-state index in [0.29, 0.717) is 30.9 Å². The first-order valence-electron chi connectivity index (χ1n) is 11.5. The second-order valence-corrected chi connectivity index (χ2v) is 9.39. The van der Waals surface area contributed by atoms with E-state index >= 15 is 0 Å². The van der Waals surface area contributed by atoms with E-state index in [4.69, 9.17) is 15.2 Å². The molecule has 34 heavy (non-hydrogen) atoms. The van der Waals surface area contributed by atoms with Crippen LogP contribution < -0.4 is 5.73 Å². The summed E-state index contributed by atoms with van der Waals surface area (Å²) in [6.07, 6.45) is 3.94. The molecule has 4 rings (SSSR count). The van der Waals surface area contributed by atoms with Crippen molar-refractivity contribution in [2.24, 2.45) is 0 Å². The first kappa shape index (κ1) is 23.5. The van der Waals surface area contributed by atoms with Crippen LogP contribution in [0.5, 0.6) is 0 Å². The fraction of sp³-hybridized carbons (Fsp3) is 0.440. The van der Waals surface area contributed by atoms with Gasteiger partial charge in [0.2, 0.25) is 0 Å². The van der Waals surface area contributed by atoms with Crippen LogP contribution in [0.3, 0.4) is 0 Å². The van der Waals surface area contributed by atoms with Crippen molar-refractivity contribution < 1.29 is 19.1 Å². The van der Waals surface area contributed by atoms with Crippen LogP contribution in [0, 0.1) is 0 Å². The summed E-state index contributed by atoms with van der Waals surface area (Å²) < 4.78 is 12.9. The van der Waals surface area contributed by atoms with Gasteiger partial charge in [0.15, 0.2) is 0 Å². The zero-order valence-corrected chi connectivity index (χ0v) is 20.0. The van der Waals surface area contributed by atoms with Gasteiger partial charge in [-0.05, 0) is 46.1 Å². The van der Waals surface area contributed by atoms with Crippen molar-refractivity contribution in [3.05, 3.63) is 42.9 Å². The minimum absolute atomic E-state index is 0.0950. The highest BCUT2D eigenvalue weighted by atomic mass is 16.6. The zero-order valence-electron chi connectivity index (χ0n) is 20.0. The Hall–Kier alpha value is -3.62. The van der Waals surface area contributed by atoms with Crippen molar-refractivity contribution in [3.8, 4) is 11.1 Å². The number of esters is 1. The maximum absolute atomic E-state index is 12.9. The molecule has 1 aliphatic rings. The fourth-order valence-electron chi connectivity index (χ4n) is 4.42. The summed E-state index contributed by atoms with van der Waals surface area (Å²) in [6, 6.07) is 9.06. The summed E-state index contributed by atoms with van der Waals surface area (Å²) >= 11 is 0. The Bertz CT molecular complexity index is 1190. The first-order valence-corrected chi connectivity index (χ1v) is 11.5. The number of amides is 1. The van der Waals surface area contributed by atoms with Gasteiger partial charge in [-0.25, -0.2) is 19.6 Å². The van der Waals surface area contributed by atoms with Gasteiger partial charge in [0.05, 0.1) is 12.0 Å². The van der Waals surface area contributed by atoms with Crippen molar-refractivity contribution in [1.29, 1.82) is 0 Å². The zero-order chi connectivity index (χ0) is 24.5. The quantitative estimate of drug-likeness (QED) is 0.575. The highest BCUT2D eigenvalue weighted by molar-refractivity contribution is 6.00. The van der Waals surface area contributed by atoms with Crippen molar-refractivity contribution >= 4 is 28.9 Å². The Morgan fingerprint density at radius 1 is 1.18 bits per heavy atom. The molecule has 1 aromatic carbocycles. The number of fused-ring (bicyclic) bond motifs is 1. The lowest BCUT2D eigenvalue weighted by molar-refractivity contribution is -0.151. The van der Waals surface area contributed by atoms with Gasteiger partial charge in [0, 0.05) is 24.3 Å². The van der Waals surface area contributed by atoms with Gasteiger partial charge in [0.25, 0.3) is 0 Å². The summed E-state index contributed by atoms with van der Waals surface area (Å²) in [6.45, 7) is 7.75. The van der Waals surface area contributed by atoms with Gasteiger partial charge in [0.1, 0.15) is 29.4 Å². The van der Waals surface area contributed by atoms with Crippen molar-refractivity contribution in [2.45, 2.75) is 58.2 Å². The van der Waals surface area contributed by atoms with E-state index in [0.717, 1.165) is 16.5 Å². The second kappa shape index (κ2) is 9.32. The molecule has 9 heteroatoms. The molecule has 1 saturated heterocycles. The van der Waals surface area contributed by atoms with Crippen LogP contribution in [0.25, 0.3) is 22.2 Å². The van der Waals surface area contributed by atoms with Crippen LogP contribution in [0.15, 0.2) is 42.9 Å². The number of rotatable bonds is 4. The molecule has 0 radical (unpaired) electrons. The number of hydrogen-bond acceptors (Lipinski definition) is 7. The molecule has 2 N–H and O–H groups in total. The highest BCUT2D eigenvalue weighted by Gasteiger charge is 2.40. The number of ether oxygens (including phenoxy) is 2. The number of likely N-dealkylation sites (tertiary alicyclic amines) is 1. The summed E-state index contributed by atoms with van der Waals surface area (Å²) in [5, 5.41) is 0.774. The van der Waals surface area contributed by atoms with Gasteiger partial charge in [-0.2, -0.15) is 0 Å². The molecule has 0 saturated carbocycles. The molecule has 3 heterocycles. The lowest BCUT2D eigenvalue weighted by atomic mass is 9.97. The molecular formula is C25H31N5O4. The molecule has 180 valence electrons. The number of benzene rings is 1. The van der Waals surface area contributed by atoms with Gasteiger partial charge < -0.3 is 19.8 Å². The van der Waals surface area contributed by atoms with Crippen LogP contribution in [0.1, 0.15) is 46.6 Å². The van der Waals surface area contributed by atoms with Crippen LogP contribution in [-0.4, -0.2) is 56.3 Å². The molecule has 9 nitrogen and oxygen atoms in total. The SMILES string of the molecule is CCOC(=O)C1CC(n2cc(-c3ccccc3)c3c(N)ncnc32)CCN1C(=O)OC(C)(C)C. The maximum atomic E-state index is 12.9. The van der Waals surface area contributed by atoms with Crippen LogP contribution >= 0.6 is 0 Å². The molecule has 1 amide bonds. The topological polar surface area (TPSA) is 113 Å². The smallest absolute Gasteiger partial charge is 0.411 e. The van der Waals surface area contributed by atoms with Crippen LogP contribution in [-0.2, 0) is 14.3 Å². The molecule has 2 atom stereocenters. The molecular weight excluding hydrogens is 434 g/mol. The lowest BCUT2D eigenvalue weighted by Crippen LogP contribution is -2.52. The molecule has 0 spiro atoms. The van der Waals surface area contributed by atoms with E-state index in [1.54, 1.807) is 27.7 Å². The molecule has 1 fully saturated rings. The largest absolute Gasteiger partial charge is 0.464 e. The summed E-state index contributed by atoms with van der Waals surface area (Å²) in [7, 11) is 0. The number of nitrogens with two attached hydrogens (primary N) is 1. The number of aromatic nitrogens is 3. The van der Waals surface area contributed by atoms with Crippen LogP contribution in [0.4, 0.5) is 10.6 Å². The van der Waals surface area contributed by atoms with Gasteiger partial charge >= 0.3 is 12.1 Å². The van der Waals surface area contributed by atoms with E-state index in [-0.39, 0.29) is 12.6 Å². The fourth-order valence-corrected chi connectivity index (χ4v) is 4.42. The minimum Gasteiger partial charge on any atom is -0.464 e. The Morgan fingerprint density at radius 3 is 2.59 bits per heavy atom. The average Bonchev–Trinajstić information content (AvgIpc) is 3.19. The normalized spacial score (nSPS) is 18.6. The van der Waals surface area contributed by atoms with Crippen molar-refractivity contribution in [2.75, 3.05) is 18.9 Å². The number of piperidine rings is 1. The standard InChI is InChI=1S/C25H31N5O4/c1-5-33-23(31)19-13-17(11-12-29(19)24(32)34-25(2,3)4)30-14-18(16-9-7-6-8-10-16)20-21(26)27-15-28-22(20)30/h6-10,14-15,17,19H,5,11-13H2,1-4H3,(H2,26,27,28). The summed E-state index contributed by atoms with van der Waals surface area (Å²) in [4.78, 5) is 35.9. The predicted molar refractivity (Wildman–Crippen MR) is 129 cm³/mol. The first-order chi connectivity index (χ1) is 16.2. The molecule has 1 aliphatic heterocycles. The van der Waals surface area contributed by atoms with Gasteiger partial charge in [-0.15, -0.1) is 0 Å². The number of nitrogens with zero attached hydrogens (tertiary/aromatic N) is 4. The Morgan fingerprint density at radius 2 is 1.91 bits per heavy atom. The summed E-state index contributed by atoms with van der Waals surface area (Å²) in [5.74, 6) is -0.0392. The predicted octanol–water partition coefficient (Wildman–Crippen LogP) is 4.18. The highest BCUT2D eigenvalue weighted by Crippen LogP contribution is 2.38. The van der Waals surface area contributed by atoms with E-state index in [9.17, 15) is 9.59 Å². The van der Waals surface area contributed by atoms with Gasteiger partial charge in [-0.3, -0.25) is 4.90 Å². The van der Waals surface area contributed by atoms with E-state index in [2.05, 4.69) is 9.97 Å². The van der Waals surface area contributed by atoms with Gasteiger partial charge in [-0.1, -0.05) is 30.3 Å². The third-order valence-electron chi connectivity index (χ3n) is 5.88. The Labute approximate surface area is 198 Å². The average molecular weight is 466 g/mol. The number of nitrogen functional groups attached to an aromatic ring is 1. The number of carbonyl (C=O) groups excluding carboxylic acids is 2.